The van der Waals surface area contributed by atoms with Crippen LogP contribution in [0.15, 0.2) is 60.8 Å². The zero-order valence-electron chi connectivity index (χ0n) is 17.2. The molecule has 2 amide bonds. The molecule has 1 aliphatic heterocycles. The van der Waals surface area contributed by atoms with Gasteiger partial charge in [0.25, 0.3) is 5.91 Å². The van der Waals surface area contributed by atoms with Crippen LogP contribution in [0.4, 0.5) is 11.4 Å². The van der Waals surface area contributed by atoms with Crippen LogP contribution in [-0.2, 0) is 17.8 Å². The van der Waals surface area contributed by atoms with E-state index in [1.165, 1.54) is 0 Å². The summed E-state index contributed by atoms with van der Waals surface area (Å²) >= 11 is 0. The highest BCUT2D eigenvalue weighted by atomic mass is 16.2. The predicted molar refractivity (Wildman–Crippen MR) is 118 cm³/mol. The van der Waals surface area contributed by atoms with Crippen LogP contribution in [0.1, 0.15) is 47.8 Å². The number of carbonyl (C=O) groups is 2. The molecular formula is C24H26N4O2. The molecule has 0 aliphatic carbocycles. The molecule has 1 saturated heterocycles. The number of amides is 2. The van der Waals surface area contributed by atoms with Crippen molar-refractivity contribution in [2.75, 3.05) is 16.8 Å². The molecule has 2 heterocycles. The highest BCUT2D eigenvalue weighted by Gasteiger charge is 2.21. The van der Waals surface area contributed by atoms with Crippen LogP contribution in [0.5, 0.6) is 0 Å². The maximum absolute atomic E-state index is 13.0. The van der Waals surface area contributed by atoms with E-state index in [2.05, 4.69) is 10.4 Å². The molecule has 6 heteroatoms. The van der Waals surface area contributed by atoms with Gasteiger partial charge in [0.1, 0.15) is 0 Å². The largest absolute Gasteiger partial charge is 0.322 e. The first-order chi connectivity index (χ1) is 14.7. The Labute approximate surface area is 176 Å². The molecule has 1 aromatic heterocycles. The van der Waals surface area contributed by atoms with Gasteiger partial charge in [0.05, 0.1) is 24.0 Å². The van der Waals surface area contributed by atoms with Crippen LogP contribution >= 0.6 is 0 Å². The molecule has 6 nitrogen and oxygen atoms in total. The first-order valence-electron chi connectivity index (χ1n) is 10.5. The number of nitrogens with zero attached hydrogens (tertiary/aromatic N) is 3. The van der Waals surface area contributed by atoms with Crippen molar-refractivity contribution in [3.8, 4) is 0 Å². The number of benzene rings is 2. The van der Waals surface area contributed by atoms with Crippen molar-refractivity contribution in [3.05, 3.63) is 77.6 Å². The van der Waals surface area contributed by atoms with Crippen LogP contribution in [0.25, 0.3) is 0 Å². The van der Waals surface area contributed by atoms with Gasteiger partial charge in [-0.25, -0.2) is 0 Å². The lowest BCUT2D eigenvalue weighted by molar-refractivity contribution is -0.119. The van der Waals surface area contributed by atoms with E-state index >= 15 is 0 Å². The third kappa shape index (κ3) is 4.27. The Hall–Kier alpha value is -3.41. The van der Waals surface area contributed by atoms with Crippen molar-refractivity contribution in [1.82, 2.24) is 9.78 Å². The minimum Gasteiger partial charge on any atom is -0.322 e. The summed E-state index contributed by atoms with van der Waals surface area (Å²) in [5, 5.41) is 7.42. The molecule has 0 unspecified atom stereocenters. The number of carbonyl (C=O) groups excluding carboxylic acids is 2. The van der Waals surface area contributed by atoms with E-state index in [9.17, 15) is 9.59 Å². The lowest BCUT2D eigenvalue weighted by Gasteiger charge is -2.27. The van der Waals surface area contributed by atoms with Gasteiger partial charge in [-0.2, -0.15) is 5.10 Å². The van der Waals surface area contributed by atoms with Gasteiger partial charge < -0.3 is 10.2 Å². The van der Waals surface area contributed by atoms with Crippen molar-refractivity contribution in [2.24, 2.45) is 0 Å². The maximum Gasteiger partial charge on any atom is 0.259 e. The summed E-state index contributed by atoms with van der Waals surface area (Å²) < 4.78 is 1.88. The summed E-state index contributed by atoms with van der Waals surface area (Å²) in [4.78, 5) is 27.0. The summed E-state index contributed by atoms with van der Waals surface area (Å²) in [7, 11) is 0. The quantitative estimate of drug-likeness (QED) is 0.670. The Kier molecular flexibility index (Phi) is 5.93. The molecule has 3 aromatic rings. The molecule has 1 aliphatic rings. The maximum atomic E-state index is 13.0. The second kappa shape index (κ2) is 8.95. The highest BCUT2D eigenvalue weighted by Crippen LogP contribution is 2.24. The molecular weight excluding hydrogens is 376 g/mol. The first-order valence-corrected chi connectivity index (χ1v) is 10.5. The molecule has 4 rings (SSSR count). The van der Waals surface area contributed by atoms with Gasteiger partial charge in [-0.05, 0) is 43.0 Å². The average molecular weight is 402 g/mol. The van der Waals surface area contributed by atoms with Crippen molar-refractivity contribution in [1.29, 1.82) is 0 Å². The summed E-state index contributed by atoms with van der Waals surface area (Å²) in [6.07, 6.45) is 4.87. The molecule has 154 valence electrons. The van der Waals surface area contributed by atoms with Gasteiger partial charge in [0, 0.05) is 24.3 Å². The lowest BCUT2D eigenvalue weighted by atomic mass is 10.1. The van der Waals surface area contributed by atoms with Crippen LogP contribution < -0.4 is 10.2 Å². The Morgan fingerprint density at radius 1 is 1.10 bits per heavy atom. The molecule has 0 saturated carbocycles. The molecule has 1 N–H and O–H groups in total. The average Bonchev–Trinajstić information content (AvgIpc) is 3.17. The minimum atomic E-state index is -0.187. The predicted octanol–water partition coefficient (Wildman–Crippen LogP) is 4.26. The fourth-order valence-corrected chi connectivity index (χ4v) is 3.89. The zero-order chi connectivity index (χ0) is 20.9. The van der Waals surface area contributed by atoms with E-state index in [1.807, 2.05) is 66.2 Å². The highest BCUT2D eigenvalue weighted by molar-refractivity contribution is 6.05. The van der Waals surface area contributed by atoms with Crippen molar-refractivity contribution in [3.63, 3.8) is 0 Å². The monoisotopic (exact) mass is 402 g/mol. The molecule has 1 fully saturated rings. The first kappa shape index (κ1) is 19.9. The van der Waals surface area contributed by atoms with E-state index in [0.717, 1.165) is 36.3 Å². The van der Waals surface area contributed by atoms with E-state index in [-0.39, 0.29) is 11.8 Å². The van der Waals surface area contributed by atoms with Crippen molar-refractivity contribution < 1.29 is 9.59 Å². The van der Waals surface area contributed by atoms with E-state index < -0.39 is 0 Å². The number of piperidine rings is 1. The second-order valence-corrected chi connectivity index (χ2v) is 7.51. The van der Waals surface area contributed by atoms with Gasteiger partial charge in [0.15, 0.2) is 0 Å². The van der Waals surface area contributed by atoms with Gasteiger partial charge in [0.2, 0.25) is 5.91 Å². The number of anilines is 2. The molecule has 0 bridgehead atoms. The zero-order valence-corrected chi connectivity index (χ0v) is 17.2. The lowest BCUT2D eigenvalue weighted by Crippen LogP contribution is -2.35. The van der Waals surface area contributed by atoms with Gasteiger partial charge in [-0.3, -0.25) is 14.3 Å². The van der Waals surface area contributed by atoms with Crippen molar-refractivity contribution >= 4 is 23.2 Å². The second-order valence-electron chi connectivity index (χ2n) is 7.51. The van der Waals surface area contributed by atoms with Crippen molar-refractivity contribution in [2.45, 2.75) is 39.2 Å². The van der Waals surface area contributed by atoms with Gasteiger partial charge >= 0.3 is 0 Å². The molecule has 2 aromatic carbocycles. The molecule has 0 spiro atoms. The third-order valence-corrected chi connectivity index (χ3v) is 5.44. The SMILES string of the molecule is CCc1c(C(=O)Nc2cccc(N3CCCCC3=O)c2)cnn1Cc1ccccc1. The number of hydrogen-bond donors (Lipinski definition) is 1. The number of rotatable bonds is 6. The van der Waals surface area contributed by atoms with E-state index in [0.29, 0.717) is 30.6 Å². The summed E-state index contributed by atoms with van der Waals surface area (Å²) in [6.45, 7) is 3.38. The molecule has 0 radical (unpaired) electrons. The number of nitrogens with one attached hydrogen (secondary N) is 1. The third-order valence-electron chi connectivity index (χ3n) is 5.44. The minimum absolute atomic E-state index is 0.139. The van der Waals surface area contributed by atoms with Crippen LogP contribution in [0.2, 0.25) is 0 Å². The van der Waals surface area contributed by atoms with Crippen LogP contribution in [0.3, 0.4) is 0 Å². The topological polar surface area (TPSA) is 67.2 Å². The number of hydrogen-bond acceptors (Lipinski definition) is 3. The normalized spacial score (nSPS) is 14.0. The summed E-state index contributed by atoms with van der Waals surface area (Å²) in [5.41, 5.74) is 4.12. The summed E-state index contributed by atoms with van der Waals surface area (Å²) in [5.74, 6) is -0.0477. The van der Waals surface area contributed by atoms with Gasteiger partial charge in [-0.1, -0.05) is 43.3 Å². The van der Waals surface area contributed by atoms with Crippen LogP contribution in [-0.4, -0.2) is 28.1 Å². The van der Waals surface area contributed by atoms with Crippen LogP contribution in [0, 0.1) is 0 Å². The van der Waals surface area contributed by atoms with E-state index in [1.54, 1.807) is 11.1 Å². The number of aromatic nitrogens is 2. The standard InChI is InChI=1S/C24H26N4O2/c1-2-22-21(16-25-28(22)17-18-9-4-3-5-10-18)24(30)26-19-11-8-12-20(15-19)27-14-7-6-13-23(27)29/h3-5,8-12,15-16H,2,6-7,13-14,17H2,1H3,(H,26,30). The fraction of sp³-hybridized carbons (Fsp3) is 0.292. The Balaban J connectivity index is 1.51. The smallest absolute Gasteiger partial charge is 0.259 e. The molecule has 0 atom stereocenters. The molecule has 30 heavy (non-hydrogen) atoms. The van der Waals surface area contributed by atoms with Gasteiger partial charge in [-0.15, -0.1) is 0 Å². The fourth-order valence-electron chi connectivity index (χ4n) is 3.89. The summed E-state index contributed by atoms with van der Waals surface area (Å²) in [6, 6.07) is 17.6. The Morgan fingerprint density at radius 3 is 2.70 bits per heavy atom. The Bertz CT molecular complexity index is 1040. The van der Waals surface area contributed by atoms with E-state index in [4.69, 9.17) is 0 Å². The Morgan fingerprint density at radius 2 is 1.93 bits per heavy atom.